The molecule has 2 aliphatic rings. The maximum Gasteiger partial charge on any atom is 0.0469 e. The molecule has 0 aromatic rings. The Labute approximate surface area is 92.7 Å². The van der Waals surface area contributed by atoms with Gasteiger partial charge in [0.25, 0.3) is 0 Å². The molecule has 0 amide bonds. The lowest BCUT2D eigenvalue weighted by Gasteiger charge is -2.33. The molecule has 0 aromatic heterocycles. The van der Waals surface area contributed by atoms with Crippen LogP contribution in [0.5, 0.6) is 0 Å². The lowest BCUT2D eigenvalue weighted by Crippen LogP contribution is -2.52. The predicted octanol–water partition coefficient (Wildman–Crippen LogP) is 1.13. The molecule has 0 spiro atoms. The van der Waals surface area contributed by atoms with Crippen LogP contribution in [-0.4, -0.2) is 31.8 Å². The Morgan fingerprint density at radius 2 is 1.93 bits per heavy atom. The van der Waals surface area contributed by atoms with Gasteiger partial charge in [-0.1, -0.05) is 0 Å². The van der Waals surface area contributed by atoms with Crippen LogP contribution in [0.25, 0.3) is 0 Å². The van der Waals surface area contributed by atoms with Crippen molar-refractivity contribution in [2.75, 3.05) is 26.3 Å². The fraction of sp³-hybridized carbons (Fsp3) is 1.00. The maximum atomic E-state index is 5.88. The highest BCUT2D eigenvalue weighted by Gasteiger charge is 2.40. The van der Waals surface area contributed by atoms with E-state index in [1.807, 2.05) is 0 Å². The minimum Gasteiger partial charge on any atom is -0.381 e. The molecule has 2 rings (SSSR count). The quantitative estimate of drug-likeness (QED) is 0.718. The summed E-state index contributed by atoms with van der Waals surface area (Å²) in [5, 5.41) is 3.70. The highest BCUT2D eigenvalue weighted by atomic mass is 16.5. The van der Waals surface area contributed by atoms with Gasteiger partial charge in [0.1, 0.15) is 0 Å². The smallest absolute Gasteiger partial charge is 0.0469 e. The molecular formula is C12H24N2O. The number of hydrogen-bond acceptors (Lipinski definition) is 3. The van der Waals surface area contributed by atoms with E-state index >= 15 is 0 Å². The van der Waals surface area contributed by atoms with Gasteiger partial charge in [-0.25, -0.2) is 0 Å². The van der Waals surface area contributed by atoms with Gasteiger partial charge in [-0.3, -0.25) is 0 Å². The van der Waals surface area contributed by atoms with Crippen molar-refractivity contribution in [2.24, 2.45) is 17.6 Å². The van der Waals surface area contributed by atoms with Crippen molar-refractivity contribution in [2.45, 2.75) is 38.1 Å². The van der Waals surface area contributed by atoms with Crippen molar-refractivity contribution in [3.8, 4) is 0 Å². The third-order valence-corrected chi connectivity index (χ3v) is 4.04. The zero-order valence-corrected chi connectivity index (χ0v) is 9.80. The van der Waals surface area contributed by atoms with Crippen molar-refractivity contribution < 1.29 is 4.74 Å². The second-order valence-corrected chi connectivity index (χ2v) is 5.33. The number of nitrogens with two attached hydrogens (primary N) is 1. The van der Waals surface area contributed by atoms with E-state index in [4.69, 9.17) is 10.5 Å². The first kappa shape index (κ1) is 11.4. The topological polar surface area (TPSA) is 47.3 Å². The molecule has 1 aliphatic heterocycles. The molecule has 1 unspecified atom stereocenters. The second kappa shape index (κ2) is 4.81. The van der Waals surface area contributed by atoms with Crippen LogP contribution in [0.3, 0.4) is 0 Å². The standard InChI is InChI=1S/C12H24N2O/c1-12(9-13,11-2-3-11)14-8-10-4-6-15-7-5-10/h10-11,14H,2-9,13H2,1H3. The van der Waals surface area contributed by atoms with E-state index in [2.05, 4.69) is 12.2 Å². The van der Waals surface area contributed by atoms with E-state index in [-0.39, 0.29) is 5.54 Å². The van der Waals surface area contributed by atoms with Gasteiger partial charge in [-0.15, -0.1) is 0 Å². The Bertz CT molecular complexity index is 200. The SMILES string of the molecule is CC(CN)(NCC1CCOCC1)C1CC1. The molecule has 1 heterocycles. The average Bonchev–Trinajstić information content (AvgIpc) is 3.11. The van der Waals surface area contributed by atoms with E-state index in [0.717, 1.165) is 38.1 Å². The summed E-state index contributed by atoms with van der Waals surface area (Å²) < 4.78 is 5.37. The Hall–Kier alpha value is -0.120. The lowest BCUT2D eigenvalue weighted by atomic mass is 9.93. The van der Waals surface area contributed by atoms with Gasteiger partial charge in [0.05, 0.1) is 0 Å². The number of hydrogen-bond donors (Lipinski definition) is 2. The summed E-state index contributed by atoms with van der Waals surface area (Å²) in [6, 6.07) is 0. The molecule has 1 saturated heterocycles. The Balaban J connectivity index is 1.74. The van der Waals surface area contributed by atoms with E-state index in [1.165, 1.54) is 25.7 Å². The van der Waals surface area contributed by atoms with Gasteiger partial charge in [-0.05, 0) is 51.0 Å². The highest BCUT2D eigenvalue weighted by Crippen LogP contribution is 2.39. The van der Waals surface area contributed by atoms with Gasteiger partial charge in [-0.2, -0.15) is 0 Å². The minimum atomic E-state index is 0.193. The third-order valence-electron chi connectivity index (χ3n) is 4.04. The lowest BCUT2D eigenvalue weighted by molar-refractivity contribution is 0.0633. The Kier molecular flexibility index (Phi) is 3.65. The molecule has 0 radical (unpaired) electrons. The third kappa shape index (κ3) is 2.92. The van der Waals surface area contributed by atoms with Crippen LogP contribution >= 0.6 is 0 Å². The zero-order valence-electron chi connectivity index (χ0n) is 9.80. The molecule has 3 N–H and O–H groups in total. The summed E-state index contributed by atoms with van der Waals surface area (Å²) in [5.74, 6) is 1.62. The predicted molar refractivity (Wildman–Crippen MR) is 61.7 cm³/mol. The normalized spacial score (nSPS) is 27.6. The summed E-state index contributed by atoms with van der Waals surface area (Å²) in [4.78, 5) is 0. The van der Waals surface area contributed by atoms with E-state index in [1.54, 1.807) is 0 Å². The molecule has 2 fully saturated rings. The van der Waals surface area contributed by atoms with Crippen LogP contribution < -0.4 is 11.1 Å². The van der Waals surface area contributed by atoms with Crippen molar-refractivity contribution in [3.05, 3.63) is 0 Å². The zero-order chi connectivity index (χ0) is 10.7. The summed E-state index contributed by atoms with van der Waals surface area (Å²) in [7, 11) is 0. The van der Waals surface area contributed by atoms with Crippen LogP contribution in [-0.2, 0) is 4.74 Å². The van der Waals surface area contributed by atoms with Crippen molar-refractivity contribution >= 4 is 0 Å². The summed E-state index contributed by atoms with van der Waals surface area (Å²) in [5.41, 5.74) is 6.07. The molecule has 0 aromatic carbocycles. The Morgan fingerprint density at radius 3 is 2.47 bits per heavy atom. The van der Waals surface area contributed by atoms with Gasteiger partial charge in [0, 0.05) is 25.3 Å². The molecule has 1 aliphatic carbocycles. The van der Waals surface area contributed by atoms with Crippen LogP contribution in [0, 0.1) is 11.8 Å². The molecule has 0 bridgehead atoms. The van der Waals surface area contributed by atoms with Crippen LogP contribution in [0.4, 0.5) is 0 Å². The van der Waals surface area contributed by atoms with E-state index in [0.29, 0.717) is 0 Å². The number of ether oxygens (including phenoxy) is 1. The van der Waals surface area contributed by atoms with E-state index < -0.39 is 0 Å². The molecule has 15 heavy (non-hydrogen) atoms. The van der Waals surface area contributed by atoms with Gasteiger partial charge in [0.2, 0.25) is 0 Å². The summed E-state index contributed by atoms with van der Waals surface area (Å²) in [6.45, 7) is 6.04. The van der Waals surface area contributed by atoms with Crippen molar-refractivity contribution in [1.29, 1.82) is 0 Å². The summed E-state index contributed by atoms with van der Waals surface area (Å²) >= 11 is 0. The second-order valence-electron chi connectivity index (χ2n) is 5.33. The maximum absolute atomic E-state index is 5.88. The molecular weight excluding hydrogens is 188 g/mol. The monoisotopic (exact) mass is 212 g/mol. The van der Waals surface area contributed by atoms with Gasteiger partial charge < -0.3 is 15.8 Å². The number of rotatable bonds is 5. The molecule has 1 atom stereocenters. The van der Waals surface area contributed by atoms with Crippen LogP contribution in [0.1, 0.15) is 32.6 Å². The van der Waals surface area contributed by atoms with Gasteiger partial charge in [0.15, 0.2) is 0 Å². The largest absolute Gasteiger partial charge is 0.381 e. The highest BCUT2D eigenvalue weighted by molar-refractivity contribution is 4.98. The van der Waals surface area contributed by atoms with Gasteiger partial charge >= 0.3 is 0 Å². The first-order valence-electron chi connectivity index (χ1n) is 6.27. The Morgan fingerprint density at radius 1 is 1.27 bits per heavy atom. The number of nitrogens with one attached hydrogen (secondary N) is 1. The molecule has 1 saturated carbocycles. The summed E-state index contributed by atoms with van der Waals surface area (Å²) in [6.07, 6.45) is 5.12. The first-order valence-corrected chi connectivity index (χ1v) is 6.27. The molecule has 88 valence electrons. The van der Waals surface area contributed by atoms with Crippen LogP contribution in [0.2, 0.25) is 0 Å². The molecule has 3 heteroatoms. The fourth-order valence-electron chi connectivity index (χ4n) is 2.43. The molecule has 3 nitrogen and oxygen atoms in total. The minimum absolute atomic E-state index is 0.193. The van der Waals surface area contributed by atoms with E-state index in [9.17, 15) is 0 Å². The van der Waals surface area contributed by atoms with Crippen molar-refractivity contribution in [1.82, 2.24) is 5.32 Å². The first-order chi connectivity index (χ1) is 7.24. The van der Waals surface area contributed by atoms with Crippen molar-refractivity contribution in [3.63, 3.8) is 0 Å². The average molecular weight is 212 g/mol. The van der Waals surface area contributed by atoms with Crippen LogP contribution in [0.15, 0.2) is 0 Å². The fourth-order valence-corrected chi connectivity index (χ4v) is 2.43.